The Morgan fingerprint density at radius 2 is 1.94 bits per heavy atom. The molecule has 1 rings (SSSR count). The number of aryl methyl sites for hydroxylation is 2. The Balaban J connectivity index is 2.73. The van der Waals surface area contributed by atoms with E-state index in [-0.39, 0.29) is 0 Å². The van der Waals surface area contributed by atoms with Crippen molar-refractivity contribution in [2.45, 2.75) is 13.8 Å². The van der Waals surface area contributed by atoms with Gasteiger partial charge >= 0.3 is 5.97 Å². The third kappa shape index (κ3) is 3.57. The molecular weight excluding hydrogens is 206 g/mol. The maximum atomic E-state index is 11.3. The lowest BCUT2D eigenvalue weighted by atomic mass is 10.1. The van der Waals surface area contributed by atoms with E-state index in [1.807, 2.05) is 26.0 Å². The summed E-state index contributed by atoms with van der Waals surface area (Å²) in [6.45, 7) is 3.84. The van der Waals surface area contributed by atoms with Gasteiger partial charge in [-0.25, -0.2) is 4.79 Å². The van der Waals surface area contributed by atoms with Crippen LogP contribution in [0, 0.1) is 13.8 Å². The maximum Gasteiger partial charge on any atom is 0.328 e. The quantitative estimate of drug-likeness (QED) is 0.763. The third-order valence-corrected chi connectivity index (χ3v) is 2.02. The summed E-state index contributed by atoms with van der Waals surface area (Å²) in [6, 6.07) is 5.61. The van der Waals surface area contributed by atoms with Crippen molar-refractivity contribution in [2.75, 3.05) is 5.32 Å². The summed E-state index contributed by atoms with van der Waals surface area (Å²) in [6.07, 6.45) is 1.79. The van der Waals surface area contributed by atoms with Crippen LogP contribution in [0.1, 0.15) is 11.1 Å². The average Bonchev–Trinajstić information content (AvgIpc) is 2.19. The highest BCUT2D eigenvalue weighted by Crippen LogP contribution is 2.15. The van der Waals surface area contributed by atoms with E-state index in [1.54, 1.807) is 6.07 Å². The first-order valence-electron chi connectivity index (χ1n) is 4.78. The van der Waals surface area contributed by atoms with Crippen molar-refractivity contribution in [3.8, 4) is 0 Å². The van der Waals surface area contributed by atoms with Gasteiger partial charge in [-0.2, -0.15) is 0 Å². The normalized spacial score (nSPS) is 10.4. The van der Waals surface area contributed by atoms with E-state index in [1.165, 1.54) is 0 Å². The molecule has 0 atom stereocenters. The minimum atomic E-state index is -1.14. The Morgan fingerprint density at radius 3 is 2.50 bits per heavy atom. The van der Waals surface area contributed by atoms with Crippen LogP contribution in [0.25, 0.3) is 0 Å². The second-order valence-corrected chi connectivity index (χ2v) is 3.48. The van der Waals surface area contributed by atoms with Crippen LogP contribution in [-0.2, 0) is 9.59 Å². The number of rotatable bonds is 3. The molecule has 0 aliphatic carbocycles. The average molecular weight is 219 g/mol. The van der Waals surface area contributed by atoms with Gasteiger partial charge in [-0.05, 0) is 25.5 Å². The second kappa shape index (κ2) is 5.11. The summed E-state index contributed by atoms with van der Waals surface area (Å²) in [5.74, 6) is -1.59. The van der Waals surface area contributed by atoms with Crippen LogP contribution >= 0.6 is 0 Å². The van der Waals surface area contributed by atoms with E-state index in [4.69, 9.17) is 5.11 Å². The molecule has 0 saturated carbocycles. The summed E-state index contributed by atoms with van der Waals surface area (Å²) in [7, 11) is 0. The molecule has 0 aliphatic heterocycles. The molecule has 0 saturated heterocycles. The van der Waals surface area contributed by atoms with Crippen molar-refractivity contribution < 1.29 is 14.7 Å². The van der Waals surface area contributed by atoms with E-state index < -0.39 is 11.9 Å². The standard InChI is InChI=1S/C12H13NO3/c1-8-3-4-10(9(2)7-8)13-11(14)5-6-12(15)16/h3-7H,1-2H3,(H,13,14)(H,15,16)/b6-5-. The van der Waals surface area contributed by atoms with Gasteiger partial charge in [0.2, 0.25) is 5.91 Å². The van der Waals surface area contributed by atoms with Gasteiger partial charge in [-0.15, -0.1) is 0 Å². The number of aliphatic carboxylic acids is 1. The van der Waals surface area contributed by atoms with Crippen molar-refractivity contribution in [1.82, 2.24) is 0 Å². The molecule has 1 aromatic rings. The van der Waals surface area contributed by atoms with Crippen LogP contribution in [0.3, 0.4) is 0 Å². The monoisotopic (exact) mass is 219 g/mol. The van der Waals surface area contributed by atoms with Crippen molar-refractivity contribution >= 4 is 17.6 Å². The fourth-order valence-electron chi connectivity index (χ4n) is 1.28. The molecule has 0 spiro atoms. The Hall–Kier alpha value is -2.10. The molecule has 0 bridgehead atoms. The lowest BCUT2D eigenvalue weighted by Crippen LogP contribution is -2.09. The summed E-state index contributed by atoms with van der Waals surface area (Å²) >= 11 is 0. The minimum Gasteiger partial charge on any atom is -0.478 e. The van der Waals surface area contributed by atoms with Crippen molar-refractivity contribution in [3.63, 3.8) is 0 Å². The van der Waals surface area contributed by atoms with Crippen LogP contribution in [0.2, 0.25) is 0 Å². The number of benzene rings is 1. The summed E-state index contributed by atoms with van der Waals surface area (Å²) < 4.78 is 0. The van der Waals surface area contributed by atoms with E-state index in [0.717, 1.165) is 23.3 Å². The SMILES string of the molecule is Cc1ccc(NC(=O)/C=C\C(=O)O)c(C)c1. The molecule has 16 heavy (non-hydrogen) atoms. The first kappa shape index (κ1) is 12.0. The Bertz CT molecular complexity index is 450. The number of carbonyl (C=O) groups is 2. The molecule has 0 aliphatic rings. The lowest BCUT2D eigenvalue weighted by Gasteiger charge is -2.06. The smallest absolute Gasteiger partial charge is 0.328 e. The number of nitrogens with one attached hydrogen (secondary N) is 1. The fraction of sp³-hybridized carbons (Fsp3) is 0.167. The first-order chi connectivity index (χ1) is 7.49. The zero-order valence-corrected chi connectivity index (χ0v) is 9.15. The molecule has 4 heteroatoms. The van der Waals surface area contributed by atoms with Gasteiger partial charge in [-0.3, -0.25) is 4.79 Å². The summed E-state index contributed by atoms with van der Waals surface area (Å²) in [4.78, 5) is 21.5. The predicted octanol–water partition coefficient (Wildman–Crippen LogP) is 1.88. The third-order valence-electron chi connectivity index (χ3n) is 2.02. The molecule has 1 amide bonds. The largest absolute Gasteiger partial charge is 0.478 e. The number of hydrogen-bond donors (Lipinski definition) is 2. The molecule has 0 fully saturated rings. The van der Waals surface area contributed by atoms with Crippen molar-refractivity contribution in [3.05, 3.63) is 41.5 Å². The van der Waals surface area contributed by atoms with Crippen LogP contribution in [0.15, 0.2) is 30.4 Å². The Labute approximate surface area is 93.6 Å². The van der Waals surface area contributed by atoms with Gasteiger partial charge in [0.1, 0.15) is 0 Å². The van der Waals surface area contributed by atoms with Crippen LogP contribution < -0.4 is 5.32 Å². The zero-order chi connectivity index (χ0) is 12.1. The highest BCUT2D eigenvalue weighted by atomic mass is 16.4. The van der Waals surface area contributed by atoms with E-state index in [9.17, 15) is 9.59 Å². The van der Waals surface area contributed by atoms with Crippen LogP contribution in [-0.4, -0.2) is 17.0 Å². The molecule has 2 N–H and O–H groups in total. The number of amides is 1. The number of carbonyl (C=O) groups excluding carboxylic acids is 1. The lowest BCUT2D eigenvalue weighted by molar-refractivity contribution is -0.131. The number of carboxylic acids is 1. The maximum absolute atomic E-state index is 11.3. The molecule has 0 heterocycles. The van der Waals surface area contributed by atoms with Crippen molar-refractivity contribution in [2.24, 2.45) is 0 Å². The molecular formula is C12H13NO3. The van der Waals surface area contributed by atoms with Gasteiger partial charge in [-0.1, -0.05) is 17.7 Å². The zero-order valence-electron chi connectivity index (χ0n) is 9.15. The Kier molecular flexibility index (Phi) is 3.83. The van der Waals surface area contributed by atoms with Gasteiger partial charge in [0, 0.05) is 17.8 Å². The van der Waals surface area contributed by atoms with Crippen LogP contribution in [0.5, 0.6) is 0 Å². The number of anilines is 1. The topological polar surface area (TPSA) is 66.4 Å². The van der Waals surface area contributed by atoms with Gasteiger partial charge in [0.05, 0.1) is 0 Å². The second-order valence-electron chi connectivity index (χ2n) is 3.48. The van der Waals surface area contributed by atoms with Gasteiger partial charge in [0.25, 0.3) is 0 Å². The molecule has 4 nitrogen and oxygen atoms in total. The first-order valence-corrected chi connectivity index (χ1v) is 4.78. The van der Waals surface area contributed by atoms with E-state index >= 15 is 0 Å². The molecule has 0 aromatic heterocycles. The van der Waals surface area contributed by atoms with Crippen LogP contribution in [0.4, 0.5) is 5.69 Å². The Morgan fingerprint density at radius 1 is 1.25 bits per heavy atom. The van der Waals surface area contributed by atoms with Gasteiger partial charge < -0.3 is 10.4 Å². The predicted molar refractivity (Wildman–Crippen MR) is 61.3 cm³/mol. The fourth-order valence-corrected chi connectivity index (χ4v) is 1.28. The number of hydrogen-bond acceptors (Lipinski definition) is 2. The molecule has 1 aromatic carbocycles. The van der Waals surface area contributed by atoms with Gasteiger partial charge in [0.15, 0.2) is 0 Å². The molecule has 0 unspecified atom stereocenters. The highest BCUT2D eigenvalue weighted by molar-refractivity contribution is 6.02. The minimum absolute atomic E-state index is 0.450. The van der Waals surface area contributed by atoms with E-state index in [2.05, 4.69) is 5.32 Å². The van der Waals surface area contributed by atoms with Crippen molar-refractivity contribution in [1.29, 1.82) is 0 Å². The van der Waals surface area contributed by atoms with E-state index in [0.29, 0.717) is 5.69 Å². The molecule has 84 valence electrons. The summed E-state index contributed by atoms with van der Waals surface area (Å²) in [5.41, 5.74) is 2.74. The highest BCUT2D eigenvalue weighted by Gasteiger charge is 2.01. The number of carboxylic acid groups (broad SMARTS) is 1. The summed E-state index contributed by atoms with van der Waals surface area (Å²) in [5, 5.41) is 11.0. The molecule has 0 radical (unpaired) electrons.